The minimum Gasteiger partial charge on any atom is -0.493 e. The van der Waals surface area contributed by atoms with E-state index < -0.39 is 23.2 Å². The van der Waals surface area contributed by atoms with Gasteiger partial charge in [0.25, 0.3) is 5.91 Å². The highest BCUT2D eigenvalue weighted by molar-refractivity contribution is 5.99. The third-order valence-electron chi connectivity index (χ3n) is 5.97. The van der Waals surface area contributed by atoms with Gasteiger partial charge in [0.15, 0.2) is 16.9 Å². The van der Waals surface area contributed by atoms with E-state index in [4.69, 9.17) is 18.6 Å². The van der Waals surface area contributed by atoms with Gasteiger partial charge in [-0.15, -0.1) is 0 Å². The molecule has 0 saturated carbocycles. The molecule has 3 aromatic rings. The number of amides is 1. The summed E-state index contributed by atoms with van der Waals surface area (Å²) >= 11 is 0. The van der Waals surface area contributed by atoms with Crippen molar-refractivity contribution >= 4 is 16.9 Å². The van der Waals surface area contributed by atoms with Gasteiger partial charge in [-0.05, 0) is 42.3 Å². The molecule has 1 unspecified atom stereocenters. The van der Waals surface area contributed by atoms with E-state index in [9.17, 15) is 14.0 Å². The van der Waals surface area contributed by atoms with E-state index in [0.29, 0.717) is 23.7 Å². The maximum Gasteiger partial charge on any atom is 0.290 e. The number of nitrogens with zero attached hydrogens (tertiary/aromatic N) is 1. The highest BCUT2D eigenvalue weighted by atomic mass is 19.1. The summed E-state index contributed by atoms with van der Waals surface area (Å²) in [5.74, 6) is 0.0761. The molecule has 0 bridgehead atoms. The molecule has 1 aliphatic heterocycles. The lowest BCUT2D eigenvalue weighted by molar-refractivity contribution is 0.0663. The van der Waals surface area contributed by atoms with Gasteiger partial charge in [-0.25, -0.2) is 4.39 Å². The molecule has 0 spiro atoms. The third-order valence-corrected chi connectivity index (χ3v) is 5.97. The van der Waals surface area contributed by atoms with Crippen LogP contribution in [0.2, 0.25) is 0 Å². The SMILES string of the molecule is CCCCCOc1ccc(C2c3c(oc4ccc(F)cc4c3=O)C(=O)N2CCOC)cc1OC. The predicted molar refractivity (Wildman–Crippen MR) is 125 cm³/mol. The molecule has 1 amide bonds. The summed E-state index contributed by atoms with van der Waals surface area (Å²) in [5.41, 5.74) is 0.564. The largest absolute Gasteiger partial charge is 0.493 e. The van der Waals surface area contributed by atoms with Crippen molar-refractivity contribution in [3.8, 4) is 11.5 Å². The number of ether oxygens (including phenoxy) is 3. The minimum absolute atomic E-state index is 0.0379. The quantitative estimate of drug-likeness (QED) is 0.401. The highest BCUT2D eigenvalue weighted by Gasteiger charge is 2.42. The summed E-state index contributed by atoms with van der Waals surface area (Å²) in [5, 5.41) is 0.0907. The average molecular weight is 470 g/mol. The molecule has 0 saturated heterocycles. The van der Waals surface area contributed by atoms with Gasteiger partial charge in [-0.2, -0.15) is 0 Å². The lowest BCUT2D eigenvalue weighted by atomic mass is 9.98. The first kappa shape index (κ1) is 23.8. The van der Waals surface area contributed by atoms with E-state index in [1.165, 1.54) is 24.1 Å². The van der Waals surface area contributed by atoms with E-state index >= 15 is 0 Å². The summed E-state index contributed by atoms with van der Waals surface area (Å²) < 4.78 is 36.3. The minimum atomic E-state index is -0.732. The number of carbonyl (C=O) groups is 1. The molecule has 4 rings (SSSR count). The van der Waals surface area contributed by atoms with Crippen LogP contribution in [-0.4, -0.2) is 44.8 Å². The molecule has 180 valence electrons. The normalized spacial score (nSPS) is 15.1. The second kappa shape index (κ2) is 10.3. The fourth-order valence-corrected chi connectivity index (χ4v) is 4.27. The van der Waals surface area contributed by atoms with E-state index in [-0.39, 0.29) is 35.4 Å². The van der Waals surface area contributed by atoms with Crippen molar-refractivity contribution in [2.45, 2.75) is 32.2 Å². The van der Waals surface area contributed by atoms with Crippen LogP contribution < -0.4 is 14.9 Å². The Morgan fingerprint density at radius 3 is 2.59 bits per heavy atom. The van der Waals surface area contributed by atoms with Crippen LogP contribution in [0, 0.1) is 5.82 Å². The Morgan fingerprint density at radius 1 is 1.03 bits per heavy atom. The van der Waals surface area contributed by atoms with Gasteiger partial charge in [-0.3, -0.25) is 9.59 Å². The molecular formula is C26H28FNO6. The molecule has 34 heavy (non-hydrogen) atoms. The summed E-state index contributed by atoms with van der Waals surface area (Å²) in [4.78, 5) is 28.3. The number of rotatable bonds is 10. The van der Waals surface area contributed by atoms with Crippen molar-refractivity contribution in [3.63, 3.8) is 0 Å². The maximum atomic E-state index is 13.9. The van der Waals surface area contributed by atoms with Crippen molar-refractivity contribution in [1.82, 2.24) is 4.90 Å². The molecule has 0 radical (unpaired) electrons. The number of carbonyl (C=O) groups excluding carboxylic acids is 1. The standard InChI is InChI=1S/C26H28FNO6/c1-4-5-6-12-33-20-9-7-16(14-21(20)32-3)23-22-24(29)18-15-17(27)8-10-19(18)34-25(22)26(30)28(23)11-13-31-2/h7-10,14-15,23H,4-6,11-13H2,1-3H3. The fraction of sp³-hybridized carbons (Fsp3) is 0.385. The van der Waals surface area contributed by atoms with Crippen LogP contribution in [0.25, 0.3) is 11.0 Å². The van der Waals surface area contributed by atoms with Gasteiger partial charge in [0.05, 0.1) is 37.3 Å². The van der Waals surface area contributed by atoms with Crippen LogP contribution >= 0.6 is 0 Å². The van der Waals surface area contributed by atoms with Crippen LogP contribution in [0.1, 0.15) is 53.9 Å². The maximum absolute atomic E-state index is 13.9. The number of halogens is 1. The second-order valence-electron chi connectivity index (χ2n) is 8.17. The van der Waals surface area contributed by atoms with Gasteiger partial charge in [-0.1, -0.05) is 25.8 Å². The molecule has 1 atom stereocenters. The van der Waals surface area contributed by atoms with Crippen LogP contribution in [-0.2, 0) is 4.74 Å². The lowest BCUT2D eigenvalue weighted by Crippen LogP contribution is -2.32. The Hall–Kier alpha value is -3.39. The van der Waals surface area contributed by atoms with E-state index in [1.807, 2.05) is 0 Å². The van der Waals surface area contributed by atoms with Gasteiger partial charge < -0.3 is 23.5 Å². The van der Waals surface area contributed by atoms with Crippen LogP contribution in [0.3, 0.4) is 0 Å². The van der Waals surface area contributed by atoms with Gasteiger partial charge in [0, 0.05) is 13.7 Å². The zero-order valence-electron chi connectivity index (χ0n) is 19.6. The molecule has 0 aliphatic carbocycles. The Bertz CT molecular complexity index is 1250. The smallest absolute Gasteiger partial charge is 0.290 e. The molecular weight excluding hydrogens is 441 g/mol. The van der Waals surface area contributed by atoms with Gasteiger partial charge in [0.1, 0.15) is 11.4 Å². The van der Waals surface area contributed by atoms with E-state index in [1.54, 1.807) is 25.3 Å². The van der Waals surface area contributed by atoms with E-state index in [2.05, 4.69) is 6.92 Å². The Labute approximate surface area is 197 Å². The zero-order chi connectivity index (χ0) is 24.2. The van der Waals surface area contributed by atoms with Crippen molar-refractivity contribution in [2.24, 2.45) is 0 Å². The highest BCUT2D eigenvalue weighted by Crippen LogP contribution is 2.40. The average Bonchev–Trinajstić information content (AvgIpc) is 3.12. The molecule has 1 aliphatic rings. The molecule has 0 N–H and O–H groups in total. The number of benzene rings is 2. The third kappa shape index (κ3) is 4.37. The summed E-state index contributed by atoms with van der Waals surface area (Å²) in [6, 6.07) is 8.30. The van der Waals surface area contributed by atoms with Gasteiger partial charge >= 0.3 is 0 Å². The molecule has 2 heterocycles. The van der Waals surface area contributed by atoms with Crippen molar-refractivity contribution in [1.29, 1.82) is 0 Å². The molecule has 2 aromatic carbocycles. The lowest BCUT2D eigenvalue weighted by Gasteiger charge is -2.25. The number of hydrogen-bond acceptors (Lipinski definition) is 6. The predicted octanol–water partition coefficient (Wildman–Crippen LogP) is 4.70. The van der Waals surface area contributed by atoms with Crippen molar-refractivity contribution in [2.75, 3.05) is 34.0 Å². The molecule has 1 aromatic heterocycles. The van der Waals surface area contributed by atoms with E-state index in [0.717, 1.165) is 25.3 Å². The zero-order valence-corrected chi connectivity index (χ0v) is 19.6. The Kier molecular flexibility index (Phi) is 7.17. The molecule has 8 heteroatoms. The summed E-state index contributed by atoms with van der Waals surface area (Å²) in [6.07, 6.45) is 3.09. The second-order valence-corrected chi connectivity index (χ2v) is 8.17. The Balaban J connectivity index is 1.81. The van der Waals surface area contributed by atoms with Gasteiger partial charge in [0.2, 0.25) is 5.76 Å². The van der Waals surface area contributed by atoms with Crippen molar-refractivity contribution in [3.05, 3.63) is 69.3 Å². The number of hydrogen-bond donors (Lipinski definition) is 0. The van der Waals surface area contributed by atoms with Crippen LogP contribution in [0.4, 0.5) is 4.39 Å². The number of unbranched alkanes of at least 4 members (excludes halogenated alkanes) is 2. The number of fused-ring (bicyclic) bond motifs is 2. The summed E-state index contributed by atoms with van der Waals surface area (Å²) in [7, 11) is 3.08. The Morgan fingerprint density at radius 2 is 1.85 bits per heavy atom. The summed E-state index contributed by atoms with van der Waals surface area (Å²) in [6.45, 7) is 3.20. The van der Waals surface area contributed by atoms with Crippen LogP contribution in [0.5, 0.6) is 11.5 Å². The first-order valence-electron chi connectivity index (χ1n) is 11.4. The van der Waals surface area contributed by atoms with Crippen molar-refractivity contribution < 1.29 is 27.8 Å². The first-order chi connectivity index (χ1) is 16.5. The molecule has 7 nitrogen and oxygen atoms in total. The number of methoxy groups -OCH3 is 2. The molecule has 0 fully saturated rings. The fourth-order valence-electron chi connectivity index (χ4n) is 4.27. The van der Waals surface area contributed by atoms with Crippen LogP contribution in [0.15, 0.2) is 45.6 Å². The first-order valence-corrected chi connectivity index (χ1v) is 11.4. The monoisotopic (exact) mass is 469 g/mol. The topological polar surface area (TPSA) is 78.2 Å².